The molecule has 7 heteroatoms. The fraction of sp³-hybridized carbons (Fsp3) is 0.375. The Hall–Kier alpha value is -2.70. The number of nitrogen functional groups attached to an aromatic ring is 1. The average molecular weight is 311 g/mol. The lowest BCUT2D eigenvalue weighted by Gasteiger charge is -2.03. The number of H-pyrrole nitrogens is 1. The Kier molecular flexibility index (Phi) is 4.36. The zero-order valence-corrected chi connectivity index (χ0v) is 13.5. The minimum Gasteiger partial charge on any atom is -0.382 e. The van der Waals surface area contributed by atoms with Crippen LogP contribution in [0, 0.1) is 6.92 Å². The molecule has 23 heavy (non-hydrogen) atoms. The van der Waals surface area contributed by atoms with E-state index in [1.807, 2.05) is 19.1 Å². The number of hydrogen-bond donors (Lipinski definition) is 2. The van der Waals surface area contributed by atoms with Crippen molar-refractivity contribution in [2.45, 2.75) is 39.5 Å². The van der Waals surface area contributed by atoms with Gasteiger partial charge < -0.3 is 5.73 Å². The largest absolute Gasteiger partial charge is 0.382 e. The minimum absolute atomic E-state index is 0.430. The molecule has 0 spiro atoms. The van der Waals surface area contributed by atoms with E-state index in [-0.39, 0.29) is 0 Å². The lowest BCUT2D eigenvalue weighted by molar-refractivity contribution is 0.688. The third kappa shape index (κ3) is 3.39. The fourth-order valence-electron chi connectivity index (χ4n) is 2.42. The molecule has 0 radical (unpaired) electrons. The van der Waals surface area contributed by atoms with Gasteiger partial charge >= 0.3 is 0 Å². The van der Waals surface area contributed by atoms with Crippen molar-refractivity contribution in [1.29, 1.82) is 0 Å². The van der Waals surface area contributed by atoms with Gasteiger partial charge in [-0.3, -0.25) is 5.10 Å². The van der Waals surface area contributed by atoms with Gasteiger partial charge in [-0.05, 0) is 31.0 Å². The summed E-state index contributed by atoms with van der Waals surface area (Å²) >= 11 is 0. The highest BCUT2D eigenvalue weighted by Gasteiger charge is 2.16. The Bertz CT molecular complexity index is 787. The summed E-state index contributed by atoms with van der Waals surface area (Å²) in [6, 6.07) is 5.69. The third-order valence-corrected chi connectivity index (χ3v) is 3.61. The first-order valence-corrected chi connectivity index (χ1v) is 7.87. The molecular weight excluding hydrogens is 290 g/mol. The van der Waals surface area contributed by atoms with Crippen LogP contribution in [0.3, 0.4) is 0 Å². The van der Waals surface area contributed by atoms with E-state index in [2.05, 4.69) is 32.2 Å². The molecule has 3 rings (SSSR count). The van der Waals surface area contributed by atoms with Gasteiger partial charge in [0.05, 0.1) is 0 Å². The Morgan fingerprint density at radius 1 is 1.26 bits per heavy atom. The summed E-state index contributed by atoms with van der Waals surface area (Å²) in [5, 5.41) is 11.5. The summed E-state index contributed by atoms with van der Waals surface area (Å²) in [5.74, 6) is 2.66. The van der Waals surface area contributed by atoms with Crippen LogP contribution in [0.15, 0.2) is 24.4 Å². The Labute approximate surface area is 135 Å². The van der Waals surface area contributed by atoms with Gasteiger partial charge in [-0.1, -0.05) is 19.8 Å². The van der Waals surface area contributed by atoms with Crippen molar-refractivity contribution in [2.24, 2.45) is 0 Å². The highest BCUT2D eigenvalue weighted by molar-refractivity contribution is 5.56. The Morgan fingerprint density at radius 2 is 2.13 bits per heavy atom. The van der Waals surface area contributed by atoms with Gasteiger partial charge in [0.15, 0.2) is 17.5 Å². The molecule has 0 atom stereocenters. The molecule has 0 unspecified atom stereocenters. The van der Waals surface area contributed by atoms with Crippen molar-refractivity contribution < 1.29 is 0 Å². The summed E-state index contributed by atoms with van der Waals surface area (Å²) in [7, 11) is 0. The van der Waals surface area contributed by atoms with Crippen LogP contribution in [-0.2, 0) is 6.42 Å². The van der Waals surface area contributed by atoms with Crippen LogP contribution in [0.25, 0.3) is 17.3 Å². The second-order valence-corrected chi connectivity index (χ2v) is 5.62. The molecule has 0 saturated carbocycles. The lowest BCUT2D eigenvalue weighted by Crippen LogP contribution is -2.03. The van der Waals surface area contributed by atoms with Gasteiger partial charge in [0.2, 0.25) is 0 Å². The van der Waals surface area contributed by atoms with Crippen LogP contribution < -0.4 is 5.73 Å². The minimum atomic E-state index is 0.430. The van der Waals surface area contributed by atoms with E-state index >= 15 is 0 Å². The van der Waals surface area contributed by atoms with E-state index in [0.717, 1.165) is 35.7 Å². The number of nitrogens with two attached hydrogens (primary N) is 1. The quantitative estimate of drug-likeness (QED) is 0.682. The molecule has 0 bridgehead atoms. The lowest BCUT2D eigenvalue weighted by atomic mass is 10.2. The molecule has 3 aromatic rings. The van der Waals surface area contributed by atoms with E-state index < -0.39 is 0 Å². The van der Waals surface area contributed by atoms with Crippen molar-refractivity contribution in [2.75, 3.05) is 5.73 Å². The molecule has 0 amide bonds. The number of aryl methyl sites for hydroxylation is 2. The molecule has 0 fully saturated rings. The summed E-state index contributed by atoms with van der Waals surface area (Å²) in [6.07, 6.45) is 6.04. The molecular formula is C16H21N7. The second kappa shape index (κ2) is 6.60. The first kappa shape index (κ1) is 15.2. The SMILES string of the molecule is CCCCCc1nc(-c2cc(N)n[nH]2)n(-c2cc(C)ccn2)n1. The number of anilines is 1. The van der Waals surface area contributed by atoms with Crippen molar-refractivity contribution in [3.05, 3.63) is 35.8 Å². The number of aromatic nitrogens is 6. The summed E-state index contributed by atoms with van der Waals surface area (Å²) in [5.41, 5.74) is 7.57. The zero-order valence-electron chi connectivity index (χ0n) is 13.5. The standard InChI is InChI=1S/C16H21N7/c1-3-4-5-6-14-19-16(12-10-13(17)21-20-12)23(22-14)15-9-11(2)7-8-18-15/h7-10H,3-6H2,1-2H3,(H3,17,20,21). The van der Waals surface area contributed by atoms with Crippen molar-refractivity contribution in [3.63, 3.8) is 0 Å². The number of aromatic amines is 1. The van der Waals surface area contributed by atoms with E-state index in [4.69, 9.17) is 5.73 Å². The third-order valence-electron chi connectivity index (χ3n) is 3.61. The maximum absolute atomic E-state index is 5.72. The molecule has 0 aromatic carbocycles. The second-order valence-electron chi connectivity index (χ2n) is 5.62. The maximum Gasteiger partial charge on any atom is 0.183 e. The van der Waals surface area contributed by atoms with E-state index in [1.165, 1.54) is 12.8 Å². The highest BCUT2D eigenvalue weighted by Crippen LogP contribution is 2.21. The van der Waals surface area contributed by atoms with Gasteiger partial charge in [-0.2, -0.15) is 9.78 Å². The van der Waals surface area contributed by atoms with Gasteiger partial charge in [0, 0.05) is 18.7 Å². The van der Waals surface area contributed by atoms with Crippen molar-refractivity contribution >= 4 is 5.82 Å². The number of nitrogens with zero attached hydrogens (tertiary/aromatic N) is 5. The smallest absolute Gasteiger partial charge is 0.183 e. The maximum atomic E-state index is 5.72. The molecule has 3 aromatic heterocycles. The molecule has 0 aliphatic heterocycles. The number of pyridine rings is 1. The van der Waals surface area contributed by atoms with E-state index in [1.54, 1.807) is 16.9 Å². The van der Waals surface area contributed by atoms with E-state index in [0.29, 0.717) is 11.6 Å². The monoisotopic (exact) mass is 311 g/mol. The van der Waals surface area contributed by atoms with Gasteiger partial charge in [-0.15, -0.1) is 5.10 Å². The van der Waals surface area contributed by atoms with Gasteiger partial charge in [-0.25, -0.2) is 9.97 Å². The van der Waals surface area contributed by atoms with Crippen molar-refractivity contribution in [3.8, 4) is 17.3 Å². The Morgan fingerprint density at radius 3 is 2.83 bits per heavy atom. The van der Waals surface area contributed by atoms with Gasteiger partial charge in [0.1, 0.15) is 11.5 Å². The van der Waals surface area contributed by atoms with E-state index in [9.17, 15) is 0 Å². The Balaban J connectivity index is 2.01. The molecule has 3 N–H and O–H groups in total. The summed E-state index contributed by atoms with van der Waals surface area (Å²) in [6.45, 7) is 4.21. The first-order valence-electron chi connectivity index (χ1n) is 7.87. The van der Waals surface area contributed by atoms with Crippen LogP contribution in [-0.4, -0.2) is 29.9 Å². The summed E-state index contributed by atoms with van der Waals surface area (Å²) < 4.78 is 1.75. The highest BCUT2D eigenvalue weighted by atomic mass is 15.4. The molecule has 0 aliphatic rings. The number of nitrogens with one attached hydrogen (secondary N) is 1. The van der Waals surface area contributed by atoms with Crippen molar-refractivity contribution in [1.82, 2.24) is 29.9 Å². The van der Waals surface area contributed by atoms with Crippen LogP contribution in [0.2, 0.25) is 0 Å². The number of unbranched alkanes of at least 4 members (excludes halogenated alkanes) is 2. The fourth-order valence-corrected chi connectivity index (χ4v) is 2.42. The zero-order chi connectivity index (χ0) is 16.2. The normalized spacial score (nSPS) is 11.0. The van der Waals surface area contributed by atoms with Gasteiger partial charge in [0.25, 0.3) is 0 Å². The van der Waals surface area contributed by atoms with Crippen LogP contribution in [0.1, 0.15) is 37.6 Å². The molecule has 0 saturated heterocycles. The predicted molar refractivity (Wildman–Crippen MR) is 89.1 cm³/mol. The molecule has 3 heterocycles. The molecule has 7 nitrogen and oxygen atoms in total. The topological polar surface area (TPSA) is 98.3 Å². The number of rotatable bonds is 6. The summed E-state index contributed by atoms with van der Waals surface area (Å²) in [4.78, 5) is 9.06. The number of hydrogen-bond acceptors (Lipinski definition) is 5. The predicted octanol–water partition coefficient (Wildman–Crippen LogP) is 2.68. The average Bonchev–Trinajstić information content (AvgIpc) is 3.14. The van der Waals surface area contributed by atoms with Crippen LogP contribution >= 0.6 is 0 Å². The van der Waals surface area contributed by atoms with Crippen LogP contribution in [0.4, 0.5) is 5.82 Å². The molecule has 120 valence electrons. The first-order chi connectivity index (χ1) is 11.2. The van der Waals surface area contributed by atoms with Crippen LogP contribution in [0.5, 0.6) is 0 Å². The molecule has 0 aliphatic carbocycles.